The minimum Gasteiger partial charge on any atom is -0.425 e. The van der Waals surface area contributed by atoms with Crippen LogP contribution in [0.5, 0.6) is 5.75 Å². The van der Waals surface area contributed by atoms with Gasteiger partial charge in [-0.3, -0.25) is 0 Å². The van der Waals surface area contributed by atoms with Crippen molar-refractivity contribution in [1.29, 1.82) is 0 Å². The van der Waals surface area contributed by atoms with E-state index in [1.54, 1.807) is 0 Å². The summed E-state index contributed by atoms with van der Waals surface area (Å²) in [6.45, 7) is 3.48. The monoisotopic (exact) mass is 534 g/mol. The van der Waals surface area contributed by atoms with E-state index in [2.05, 4.69) is 11.7 Å². The number of halogens is 7. The lowest BCUT2D eigenvalue weighted by Crippen LogP contribution is -2.38. The van der Waals surface area contributed by atoms with E-state index in [9.17, 15) is 30.7 Å². The molecular formula is C27H29F7O3. The third-order valence-electron chi connectivity index (χ3n) is 7.10. The summed E-state index contributed by atoms with van der Waals surface area (Å²) in [6, 6.07) is 4.52. The Bertz CT molecular complexity index is 1040. The quantitative estimate of drug-likeness (QED) is 0.321. The first kappa shape index (κ1) is 27.7. The Kier molecular flexibility index (Phi) is 8.68. The van der Waals surface area contributed by atoms with Crippen molar-refractivity contribution in [3.05, 3.63) is 53.3 Å². The van der Waals surface area contributed by atoms with Crippen LogP contribution in [-0.2, 0) is 9.47 Å². The van der Waals surface area contributed by atoms with Crippen LogP contribution in [0.4, 0.5) is 30.7 Å². The lowest BCUT2D eigenvalue weighted by Gasteiger charge is -2.37. The van der Waals surface area contributed by atoms with Gasteiger partial charge in [0.05, 0.1) is 18.8 Å². The van der Waals surface area contributed by atoms with Crippen molar-refractivity contribution in [2.45, 2.75) is 70.2 Å². The topological polar surface area (TPSA) is 27.7 Å². The molecule has 3 nitrogen and oxygen atoms in total. The maximum atomic E-state index is 15.0. The Balaban J connectivity index is 1.41. The first-order valence-electron chi connectivity index (χ1n) is 12.5. The van der Waals surface area contributed by atoms with Gasteiger partial charge in [-0.05, 0) is 73.4 Å². The van der Waals surface area contributed by atoms with Crippen LogP contribution in [0.25, 0.3) is 11.1 Å². The molecule has 0 atom stereocenters. The van der Waals surface area contributed by atoms with Gasteiger partial charge in [0.25, 0.3) is 0 Å². The van der Waals surface area contributed by atoms with Crippen LogP contribution in [0.1, 0.15) is 56.9 Å². The fourth-order valence-electron chi connectivity index (χ4n) is 5.16. The highest BCUT2D eigenvalue weighted by Gasteiger charge is 2.44. The number of hydrogen-bond donors (Lipinski definition) is 0. The van der Waals surface area contributed by atoms with Gasteiger partial charge in [-0.1, -0.05) is 19.4 Å². The standard InChI is InChI=1S/C27H29F7O3/c1-2-3-15-13-35-25(36-14-15)17-6-4-16(5-7-17)19-11-21(29)24(22(30)12-19)18-8-9-23(20(28)10-18)37-27(33,34)26(31)32/h8-12,15-17,25-26H,2-7,13-14H2,1H3. The predicted molar refractivity (Wildman–Crippen MR) is 122 cm³/mol. The molecule has 0 aromatic heterocycles. The molecule has 2 fully saturated rings. The van der Waals surface area contributed by atoms with Crippen molar-refractivity contribution in [1.82, 2.24) is 0 Å². The van der Waals surface area contributed by atoms with Crippen molar-refractivity contribution in [2.24, 2.45) is 11.8 Å². The Morgan fingerprint density at radius 3 is 2.08 bits per heavy atom. The summed E-state index contributed by atoms with van der Waals surface area (Å²) >= 11 is 0. The average molecular weight is 535 g/mol. The highest BCUT2D eigenvalue weighted by atomic mass is 19.3. The Hall–Kier alpha value is -2.33. The van der Waals surface area contributed by atoms with Gasteiger partial charge in [0.1, 0.15) is 11.6 Å². The maximum absolute atomic E-state index is 15.0. The zero-order valence-electron chi connectivity index (χ0n) is 20.3. The van der Waals surface area contributed by atoms with Gasteiger partial charge in [-0.25, -0.2) is 13.2 Å². The average Bonchev–Trinajstić information content (AvgIpc) is 2.86. The van der Waals surface area contributed by atoms with Crippen LogP contribution in [-0.4, -0.2) is 32.0 Å². The SMILES string of the molecule is CCCC1COC(C2CCC(c3cc(F)c(-c4ccc(OC(F)(F)C(F)F)c(F)c4)c(F)c3)CC2)OC1. The van der Waals surface area contributed by atoms with Gasteiger partial charge in [-0.15, -0.1) is 0 Å². The van der Waals surface area contributed by atoms with Gasteiger partial charge in [0, 0.05) is 11.8 Å². The molecule has 1 aliphatic carbocycles. The van der Waals surface area contributed by atoms with E-state index >= 15 is 0 Å². The minimum absolute atomic E-state index is 0.0742. The third-order valence-corrected chi connectivity index (χ3v) is 7.10. The minimum atomic E-state index is -4.91. The molecule has 4 rings (SSSR count). The summed E-state index contributed by atoms with van der Waals surface area (Å²) < 4.78 is 111. The molecule has 10 heteroatoms. The van der Waals surface area contributed by atoms with Crippen LogP contribution < -0.4 is 4.74 Å². The normalized spacial score (nSPS) is 24.9. The fourth-order valence-corrected chi connectivity index (χ4v) is 5.16. The molecule has 0 N–H and O–H groups in total. The van der Waals surface area contributed by atoms with Crippen molar-refractivity contribution >= 4 is 0 Å². The van der Waals surface area contributed by atoms with Gasteiger partial charge >= 0.3 is 12.5 Å². The smallest absolute Gasteiger partial charge is 0.425 e. The molecule has 2 aromatic carbocycles. The molecule has 2 aliphatic rings. The molecule has 0 bridgehead atoms. The molecule has 2 aromatic rings. The van der Waals surface area contributed by atoms with E-state index in [1.165, 1.54) is 12.1 Å². The lowest BCUT2D eigenvalue weighted by atomic mass is 9.78. The van der Waals surface area contributed by atoms with Crippen LogP contribution in [0.15, 0.2) is 30.3 Å². The molecule has 204 valence electrons. The van der Waals surface area contributed by atoms with E-state index in [0.717, 1.165) is 31.7 Å². The Labute approximate surface area is 210 Å². The van der Waals surface area contributed by atoms with E-state index < -0.39 is 41.3 Å². The van der Waals surface area contributed by atoms with Crippen molar-refractivity contribution in [2.75, 3.05) is 13.2 Å². The fraction of sp³-hybridized carbons (Fsp3) is 0.556. The third kappa shape index (κ3) is 6.39. The van der Waals surface area contributed by atoms with E-state index in [0.29, 0.717) is 49.7 Å². The predicted octanol–water partition coefficient (Wildman–Crippen LogP) is 8.07. The lowest BCUT2D eigenvalue weighted by molar-refractivity contribution is -0.254. The number of alkyl halides is 4. The first-order valence-corrected chi connectivity index (χ1v) is 12.5. The second kappa shape index (κ2) is 11.6. The summed E-state index contributed by atoms with van der Waals surface area (Å²) in [5.41, 5.74) is -0.347. The number of rotatable bonds is 8. The van der Waals surface area contributed by atoms with Crippen LogP contribution in [0.2, 0.25) is 0 Å². The van der Waals surface area contributed by atoms with Crippen molar-refractivity contribution < 1.29 is 44.9 Å². The molecule has 0 spiro atoms. The number of benzene rings is 2. The first-order chi connectivity index (χ1) is 17.6. The zero-order chi connectivity index (χ0) is 26.7. The van der Waals surface area contributed by atoms with Gasteiger partial charge in [0.15, 0.2) is 17.9 Å². The summed E-state index contributed by atoms with van der Waals surface area (Å²) in [5, 5.41) is 0. The summed E-state index contributed by atoms with van der Waals surface area (Å²) in [4.78, 5) is 0. The van der Waals surface area contributed by atoms with E-state index in [-0.39, 0.29) is 23.7 Å². The Morgan fingerprint density at radius 1 is 0.919 bits per heavy atom. The van der Waals surface area contributed by atoms with Gasteiger partial charge < -0.3 is 14.2 Å². The largest absolute Gasteiger partial charge is 0.461 e. The summed E-state index contributed by atoms with van der Waals surface area (Å²) in [7, 11) is 0. The molecule has 1 saturated carbocycles. The second-order valence-electron chi connectivity index (χ2n) is 9.77. The van der Waals surface area contributed by atoms with Crippen molar-refractivity contribution in [3.63, 3.8) is 0 Å². The highest BCUT2D eigenvalue weighted by molar-refractivity contribution is 5.66. The molecule has 1 heterocycles. The van der Waals surface area contributed by atoms with Gasteiger partial charge in [0.2, 0.25) is 0 Å². The molecule has 0 unspecified atom stereocenters. The molecule has 1 aliphatic heterocycles. The Morgan fingerprint density at radius 2 is 1.54 bits per heavy atom. The van der Waals surface area contributed by atoms with Crippen molar-refractivity contribution in [3.8, 4) is 16.9 Å². The zero-order valence-corrected chi connectivity index (χ0v) is 20.3. The maximum Gasteiger partial charge on any atom is 0.461 e. The summed E-state index contributed by atoms with van der Waals surface area (Å²) in [6.07, 6.45) is -4.24. The second-order valence-corrected chi connectivity index (χ2v) is 9.77. The highest BCUT2D eigenvalue weighted by Crippen LogP contribution is 2.41. The number of hydrogen-bond acceptors (Lipinski definition) is 3. The molecule has 0 radical (unpaired) electrons. The van der Waals surface area contributed by atoms with Crippen LogP contribution in [0.3, 0.4) is 0 Å². The molecule has 0 amide bonds. The molecule has 37 heavy (non-hydrogen) atoms. The number of ether oxygens (including phenoxy) is 3. The molecular weight excluding hydrogens is 505 g/mol. The molecule has 1 saturated heterocycles. The van der Waals surface area contributed by atoms with Crippen LogP contribution >= 0.6 is 0 Å². The van der Waals surface area contributed by atoms with E-state index in [1.807, 2.05) is 0 Å². The summed E-state index contributed by atoms with van der Waals surface area (Å²) in [5.74, 6) is -3.93. The van der Waals surface area contributed by atoms with E-state index in [4.69, 9.17) is 9.47 Å². The van der Waals surface area contributed by atoms with Gasteiger partial charge in [-0.2, -0.15) is 17.6 Å². The van der Waals surface area contributed by atoms with Crippen LogP contribution in [0, 0.1) is 29.3 Å².